The van der Waals surface area contributed by atoms with Crippen molar-refractivity contribution in [2.24, 2.45) is 0 Å². The van der Waals surface area contributed by atoms with Gasteiger partial charge in [-0.1, -0.05) is 0 Å². The highest BCUT2D eigenvalue weighted by atomic mass is 16.5. The second-order valence-corrected chi connectivity index (χ2v) is 4.83. The van der Waals surface area contributed by atoms with E-state index in [4.69, 9.17) is 14.2 Å². The smallest absolute Gasteiger partial charge is 0.262 e. The summed E-state index contributed by atoms with van der Waals surface area (Å²) in [5.74, 6) is 1.01. The zero-order valence-electron chi connectivity index (χ0n) is 14.1. The minimum atomic E-state index is -0.341. The summed E-state index contributed by atoms with van der Waals surface area (Å²) in [7, 11) is 0. The molecule has 24 heavy (non-hydrogen) atoms. The fraction of sp³-hybridized carbons (Fsp3) is 0.333. The number of ether oxygens (including phenoxy) is 3. The summed E-state index contributed by atoms with van der Waals surface area (Å²) >= 11 is 0. The van der Waals surface area contributed by atoms with Crippen LogP contribution in [0.25, 0.3) is 0 Å². The fourth-order valence-corrected chi connectivity index (χ4v) is 2.33. The average Bonchev–Trinajstić information content (AvgIpc) is 3.06. The molecule has 6 heteroatoms. The highest BCUT2D eigenvalue weighted by Crippen LogP contribution is 2.39. The molecule has 0 aliphatic rings. The van der Waals surface area contributed by atoms with Crippen molar-refractivity contribution in [3.8, 4) is 17.2 Å². The van der Waals surface area contributed by atoms with E-state index in [-0.39, 0.29) is 11.6 Å². The van der Waals surface area contributed by atoms with E-state index in [1.165, 1.54) is 4.57 Å². The lowest BCUT2D eigenvalue weighted by Gasteiger charge is -2.17. The van der Waals surface area contributed by atoms with Crippen molar-refractivity contribution in [3.05, 3.63) is 41.7 Å². The summed E-state index contributed by atoms with van der Waals surface area (Å²) in [6.07, 6.45) is 2.18. The van der Waals surface area contributed by atoms with Gasteiger partial charge >= 0.3 is 0 Å². The van der Waals surface area contributed by atoms with Crippen LogP contribution in [0.5, 0.6) is 17.2 Å². The molecule has 0 unspecified atom stereocenters. The van der Waals surface area contributed by atoms with Crippen molar-refractivity contribution < 1.29 is 23.8 Å². The van der Waals surface area contributed by atoms with Crippen LogP contribution in [-0.4, -0.2) is 36.6 Å². The van der Waals surface area contributed by atoms with E-state index in [1.54, 1.807) is 30.5 Å². The maximum atomic E-state index is 12.7. The quantitative estimate of drug-likeness (QED) is 0.695. The minimum Gasteiger partial charge on any atom is -0.490 e. The number of rotatable bonds is 8. The first-order valence-corrected chi connectivity index (χ1v) is 7.89. The van der Waals surface area contributed by atoms with Gasteiger partial charge < -0.3 is 14.2 Å². The Labute approximate surface area is 140 Å². The van der Waals surface area contributed by atoms with Gasteiger partial charge in [-0.15, -0.1) is 0 Å². The molecule has 0 bridgehead atoms. The number of aromatic nitrogens is 1. The fourth-order valence-electron chi connectivity index (χ4n) is 2.33. The molecule has 0 fully saturated rings. The first-order chi connectivity index (χ1) is 11.7. The summed E-state index contributed by atoms with van der Waals surface area (Å²) in [6.45, 7) is 6.85. The largest absolute Gasteiger partial charge is 0.490 e. The van der Waals surface area contributed by atoms with Crippen LogP contribution in [0, 0.1) is 0 Å². The molecule has 0 aliphatic carbocycles. The molecule has 0 spiro atoms. The van der Waals surface area contributed by atoms with Crippen molar-refractivity contribution in [2.75, 3.05) is 19.8 Å². The van der Waals surface area contributed by atoms with Crippen LogP contribution in [0.3, 0.4) is 0 Å². The van der Waals surface area contributed by atoms with Crippen LogP contribution < -0.4 is 14.2 Å². The summed E-state index contributed by atoms with van der Waals surface area (Å²) in [6, 6.07) is 6.43. The summed E-state index contributed by atoms with van der Waals surface area (Å²) in [5, 5.41) is 0. The summed E-state index contributed by atoms with van der Waals surface area (Å²) in [5.41, 5.74) is 0.634. The number of nitrogens with zero attached hydrogens (tertiary/aromatic N) is 1. The van der Waals surface area contributed by atoms with Crippen LogP contribution in [0.1, 0.15) is 41.6 Å². The number of hydrogen-bond donors (Lipinski definition) is 0. The van der Waals surface area contributed by atoms with Crippen LogP contribution in [-0.2, 0) is 0 Å². The molecular weight excluding hydrogens is 310 g/mol. The lowest BCUT2D eigenvalue weighted by Crippen LogP contribution is -2.14. The molecule has 0 aliphatic heterocycles. The molecule has 6 nitrogen and oxygen atoms in total. The Morgan fingerprint density at radius 2 is 1.62 bits per heavy atom. The minimum absolute atomic E-state index is 0.282. The zero-order valence-corrected chi connectivity index (χ0v) is 14.1. The third-order valence-corrected chi connectivity index (χ3v) is 3.28. The number of hydrogen-bond acceptors (Lipinski definition) is 5. The van der Waals surface area contributed by atoms with Crippen molar-refractivity contribution in [1.82, 2.24) is 4.57 Å². The number of carbonyl (C=O) groups is 2. The molecule has 0 amide bonds. The van der Waals surface area contributed by atoms with Crippen molar-refractivity contribution in [2.45, 2.75) is 20.8 Å². The Bertz CT molecular complexity index is 693. The maximum Gasteiger partial charge on any atom is 0.262 e. The Balaban J connectivity index is 2.53. The van der Waals surface area contributed by atoms with Gasteiger partial charge in [0.25, 0.3) is 5.91 Å². The first-order valence-electron chi connectivity index (χ1n) is 7.89. The third-order valence-electron chi connectivity index (χ3n) is 3.28. The zero-order chi connectivity index (χ0) is 17.5. The van der Waals surface area contributed by atoms with Crippen molar-refractivity contribution >= 4 is 12.2 Å². The Morgan fingerprint density at radius 1 is 1.04 bits per heavy atom. The van der Waals surface area contributed by atoms with Gasteiger partial charge in [0.1, 0.15) is 0 Å². The number of aldehydes is 1. The van der Waals surface area contributed by atoms with Crippen molar-refractivity contribution in [3.63, 3.8) is 0 Å². The van der Waals surface area contributed by atoms with Crippen molar-refractivity contribution in [1.29, 1.82) is 0 Å². The van der Waals surface area contributed by atoms with E-state index in [0.717, 1.165) is 0 Å². The third kappa shape index (κ3) is 3.59. The Hall–Kier alpha value is -2.76. The summed E-state index contributed by atoms with van der Waals surface area (Å²) in [4.78, 5) is 23.8. The van der Waals surface area contributed by atoms with Gasteiger partial charge in [0.2, 0.25) is 5.75 Å². The van der Waals surface area contributed by atoms with Gasteiger partial charge in [0, 0.05) is 11.8 Å². The monoisotopic (exact) mass is 331 g/mol. The van der Waals surface area contributed by atoms with E-state index >= 15 is 0 Å². The molecular formula is C18H21NO5. The molecule has 0 radical (unpaired) electrons. The van der Waals surface area contributed by atoms with E-state index in [0.29, 0.717) is 48.9 Å². The topological polar surface area (TPSA) is 66.8 Å². The van der Waals surface area contributed by atoms with Gasteiger partial charge in [-0.2, -0.15) is 0 Å². The number of carbonyl (C=O) groups excluding carboxylic acids is 2. The lowest BCUT2D eigenvalue weighted by atomic mass is 10.1. The molecule has 1 aromatic carbocycles. The van der Waals surface area contributed by atoms with E-state index < -0.39 is 0 Å². The predicted molar refractivity (Wildman–Crippen MR) is 89.5 cm³/mol. The summed E-state index contributed by atoms with van der Waals surface area (Å²) < 4.78 is 18.1. The van der Waals surface area contributed by atoms with Gasteiger partial charge in [-0.25, -0.2) is 0 Å². The molecule has 128 valence electrons. The van der Waals surface area contributed by atoms with Gasteiger partial charge in [0.05, 0.1) is 25.5 Å². The van der Waals surface area contributed by atoms with Gasteiger partial charge in [-0.3, -0.25) is 14.2 Å². The lowest BCUT2D eigenvalue weighted by molar-refractivity contribution is 0.0946. The highest BCUT2D eigenvalue weighted by molar-refractivity contribution is 5.99. The Morgan fingerprint density at radius 3 is 2.12 bits per heavy atom. The molecule has 1 aromatic heterocycles. The average molecular weight is 331 g/mol. The number of benzene rings is 1. The SMILES string of the molecule is CCOc1cc(C(=O)n2cccc2C=O)cc(OCC)c1OCC. The van der Waals surface area contributed by atoms with Gasteiger partial charge in [0.15, 0.2) is 17.8 Å². The standard InChI is InChI=1S/C18H21NO5/c1-4-22-15-10-13(11-16(23-5-2)17(15)24-6-3)18(21)19-9-7-8-14(19)12-20/h7-12H,4-6H2,1-3H3. The molecule has 0 saturated carbocycles. The molecule has 2 aromatic rings. The van der Waals surface area contributed by atoms with Crippen LogP contribution in [0.15, 0.2) is 30.5 Å². The van der Waals surface area contributed by atoms with E-state index in [1.807, 2.05) is 20.8 Å². The van der Waals surface area contributed by atoms with E-state index in [2.05, 4.69) is 0 Å². The maximum absolute atomic E-state index is 12.7. The van der Waals surface area contributed by atoms with Crippen LogP contribution >= 0.6 is 0 Å². The van der Waals surface area contributed by atoms with Crippen LogP contribution in [0.4, 0.5) is 0 Å². The first kappa shape index (κ1) is 17.6. The van der Waals surface area contributed by atoms with Gasteiger partial charge in [-0.05, 0) is 45.0 Å². The molecule has 2 rings (SSSR count). The predicted octanol–water partition coefficient (Wildman–Crippen LogP) is 3.19. The molecule has 0 saturated heterocycles. The molecule has 1 heterocycles. The van der Waals surface area contributed by atoms with Crippen LogP contribution in [0.2, 0.25) is 0 Å². The Kier molecular flexibility index (Phi) is 6.01. The molecule has 0 atom stereocenters. The highest BCUT2D eigenvalue weighted by Gasteiger charge is 2.20. The molecule has 0 N–H and O–H groups in total. The normalized spacial score (nSPS) is 10.3. The second-order valence-electron chi connectivity index (χ2n) is 4.83. The second kappa shape index (κ2) is 8.19. The van der Waals surface area contributed by atoms with E-state index in [9.17, 15) is 9.59 Å².